The summed E-state index contributed by atoms with van der Waals surface area (Å²) in [4.78, 5) is 31.7. The van der Waals surface area contributed by atoms with Crippen LogP contribution in [-0.4, -0.2) is 63.4 Å². The molecule has 9 nitrogen and oxygen atoms in total. The molecule has 4 N–H and O–H groups in total. The lowest BCUT2D eigenvalue weighted by Gasteiger charge is -2.15. The van der Waals surface area contributed by atoms with E-state index in [2.05, 4.69) is 12.2 Å². The number of rotatable bonds is 13. The summed E-state index contributed by atoms with van der Waals surface area (Å²) in [5.74, 6) is -1.93. The molecule has 0 bridgehead atoms. The van der Waals surface area contributed by atoms with E-state index >= 15 is 0 Å². The van der Waals surface area contributed by atoms with Crippen LogP contribution < -0.4 is 10.1 Å². The van der Waals surface area contributed by atoms with E-state index in [1.165, 1.54) is 0 Å². The summed E-state index contributed by atoms with van der Waals surface area (Å²) in [5, 5.41) is 28.7. The second-order valence-corrected chi connectivity index (χ2v) is 7.21. The number of para-hydroxylation sites is 1. The van der Waals surface area contributed by atoms with Crippen molar-refractivity contribution in [3.63, 3.8) is 0 Å². The normalized spacial score (nSPS) is 11.5. The monoisotopic (exact) mass is 460 g/mol. The van der Waals surface area contributed by atoms with Gasteiger partial charge < -0.3 is 29.9 Å². The van der Waals surface area contributed by atoms with Gasteiger partial charge in [0.2, 0.25) is 0 Å². The molecule has 9 heteroatoms. The van der Waals surface area contributed by atoms with Crippen molar-refractivity contribution in [3.8, 4) is 5.75 Å². The molecule has 0 aliphatic heterocycles. The number of benzene rings is 1. The van der Waals surface area contributed by atoms with Gasteiger partial charge in [0, 0.05) is 44.1 Å². The number of nitrogens with zero attached hydrogens (tertiary/aromatic N) is 1. The molecular weight excluding hydrogens is 428 g/mol. The van der Waals surface area contributed by atoms with Crippen molar-refractivity contribution in [1.82, 2.24) is 9.88 Å². The molecule has 1 aromatic carbocycles. The number of aryl methyl sites for hydroxylation is 2. The van der Waals surface area contributed by atoms with Crippen LogP contribution in [-0.2, 0) is 23.1 Å². The topological polar surface area (TPSA) is 138 Å². The van der Waals surface area contributed by atoms with Crippen molar-refractivity contribution < 1.29 is 34.4 Å². The number of aromatic nitrogens is 1. The molecule has 0 saturated heterocycles. The Balaban J connectivity index is 0.000000582. The molecule has 1 unspecified atom stereocenters. The summed E-state index contributed by atoms with van der Waals surface area (Å²) in [6.07, 6.45) is 4.64. The van der Waals surface area contributed by atoms with Crippen molar-refractivity contribution in [2.75, 3.05) is 19.7 Å². The van der Waals surface area contributed by atoms with Crippen LogP contribution in [0.25, 0.3) is 0 Å². The number of carbonyl (C=O) groups excluding carboxylic acids is 1. The van der Waals surface area contributed by atoms with E-state index in [9.17, 15) is 19.5 Å². The van der Waals surface area contributed by atoms with Gasteiger partial charge in [-0.05, 0) is 43.7 Å². The van der Waals surface area contributed by atoms with Gasteiger partial charge in [0.15, 0.2) is 5.78 Å². The lowest BCUT2D eigenvalue weighted by Crippen LogP contribution is -2.32. The Morgan fingerprint density at radius 2 is 1.76 bits per heavy atom. The van der Waals surface area contributed by atoms with Crippen molar-refractivity contribution in [2.24, 2.45) is 7.05 Å². The van der Waals surface area contributed by atoms with Crippen molar-refractivity contribution in [1.29, 1.82) is 0 Å². The lowest BCUT2D eigenvalue weighted by molar-refractivity contribution is -0.134. The molecule has 1 aromatic heterocycles. The summed E-state index contributed by atoms with van der Waals surface area (Å²) < 4.78 is 7.72. The SMILES string of the molecule is CCCNCC(O)COc1ccccc1C(=O)CCc1cccn1C.O=C(O)/C=C/C(=O)O. The smallest absolute Gasteiger partial charge is 0.328 e. The largest absolute Gasteiger partial charge is 0.490 e. The third-order valence-electron chi connectivity index (χ3n) is 4.45. The minimum Gasteiger partial charge on any atom is -0.490 e. The molecule has 0 saturated carbocycles. The summed E-state index contributed by atoms with van der Waals surface area (Å²) >= 11 is 0. The molecule has 2 rings (SSSR count). The number of carboxylic acid groups (broad SMARTS) is 2. The number of nitrogens with one attached hydrogen (secondary N) is 1. The quantitative estimate of drug-likeness (QED) is 0.203. The predicted molar refractivity (Wildman–Crippen MR) is 124 cm³/mol. The highest BCUT2D eigenvalue weighted by molar-refractivity contribution is 5.98. The van der Waals surface area contributed by atoms with Gasteiger partial charge in [-0.15, -0.1) is 0 Å². The molecule has 0 radical (unpaired) electrons. The van der Waals surface area contributed by atoms with Crippen LogP contribution in [0.1, 0.15) is 35.8 Å². The van der Waals surface area contributed by atoms with E-state index < -0.39 is 18.0 Å². The van der Waals surface area contributed by atoms with Gasteiger partial charge in [-0.25, -0.2) is 9.59 Å². The first kappa shape index (κ1) is 27.6. The number of carboxylic acids is 2. The van der Waals surface area contributed by atoms with Crippen molar-refractivity contribution >= 4 is 17.7 Å². The molecule has 33 heavy (non-hydrogen) atoms. The Morgan fingerprint density at radius 1 is 1.09 bits per heavy atom. The number of hydrogen-bond acceptors (Lipinski definition) is 6. The van der Waals surface area contributed by atoms with E-state index in [0.717, 1.165) is 18.7 Å². The van der Waals surface area contributed by atoms with E-state index in [1.54, 1.807) is 12.1 Å². The average Bonchev–Trinajstić information content (AvgIpc) is 3.20. The fraction of sp³-hybridized carbons (Fsp3) is 0.375. The predicted octanol–water partition coefficient (Wildman–Crippen LogP) is 2.29. The summed E-state index contributed by atoms with van der Waals surface area (Å²) in [7, 11) is 1.98. The molecule has 1 heterocycles. The number of ether oxygens (including phenoxy) is 1. The maximum Gasteiger partial charge on any atom is 0.328 e. The zero-order valence-electron chi connectivity index (χ0n) is 18.9. The third kappa shape index (κ3) is 11.7. The van der Waals surface area contributed by atoms with Crippen molar-refractivity contribution in [3.05, 3.63) is 66.0 Å². The molecule has 0 aliphatic carbocycles. The van der Waals surface area contributed by atoms with E-state index in [0.29, 0.717) is 42.9 Å². The first-order valence-electron chi connectivity index (χ1n) is 10.6. The molecule has 0 amide bonds. The highest BCUT2D eigenvalue weighted by atomic mass is 16.5. The number of carbonyl (C=O) groups is 3. The standard InChI is InChI=1S/C20H28N2O3.C4H4O4/c1-3-12-21-14-17(23)15-25-20-9-5-4-8-18(20)19(24)11-10-16-7-6-13-22(16)2;5-3(6)1-2-4(7)8/h4-9,13,17,21,23H,3,10-12,14-15H2,1-2H3;1-2H,(H,5,6)(H,7,8)/b;2-1+. The fourth-order valence-electron chi connectivity index (χ4n) is 2.79. The van der Waals surface area contributed by atoms with E-state index in [4.69, 9.17) is 14.9 Å². The lowest BCUT2D eigenvalue weighted by atomic mass is 10.0. The maximum atomic E-state index is 12.6. The van der Waals surface area contributed by atoms with Crippen LogP contribution in [0, 0.1) is 0 Å². The number of hydrogen-bond donors (Lipinski definition) is 4. The molecule has 1 atom stereocenters. The first-order chi connectivity index (χ1) is 15.7. The minimum absolute atomic E-state index is 0.0513. The first-order valence-corrected chi connectivity index (χ1v) is 10.6. The second kappa shape index (κ2) is 15.4. The number of aliphatic hydroxyl groups excluding tert-OH is 1. The van der Waals surface area contributed by atoms with Gasteiger partial charge in [0.25, 0.3) is 0 Å². The minimum atomic E-state index is -1.26. The molecule has 0 aliphatic rings. The number of Topliss-reactive ketones (excluding diaryl/α,β-unsaturated/α-hetero) is 1. The van der Waals surface area contributed by atoms with Crippen LogP contribution >= 0.6 is 0 Å². The van der Waals surface area contributed by atoms with E-state index in [-0.39, 0.29) is 12.4 Å². The summed E-state index contributed by atoms with van der Waals surface area (Å²) in [6.45, 7) is 3.59. The molecule has 0 spiro atoms. The van der Waals surface area contributed by atoms with Gasteiger partial charge >= 0.3 is 11.9 Å². The van der Waals surface area contributed by atoms with Crippen LogP contribution in [0.3, 0.4) is 0 Å². The van der Waals surface area contributed by atoms with Crippen LogP contribution in [0.15, 0.2) is 54.7 Å². The molecular formula is C24H32N2O7. The Bertz CT molecular complexity index is 905. The summed E-state index contributed by atoms with van der Waals surface area (Å²) in [6, 6.07) is 11.2. The van der Waals surface area contributed by atoms with Gasteiger partial charge in [0.05, 0.1) is 5.56 Å². The maximum absolute atomic E-state index is 12.6. The highest BCUT2D eigenvalue weighted by Gasteiger charge is 2.14. The zero-order valence-corrected chi connectivity index (χ0v) is 18.9. The van der Waals surface area contributed by atoms with Crippen LogP contribution in [0.4, 0.5) is 0 Å². The molecule has 0 fully saturated rings. The van der Waals surface area contributed by atoms with E-state index in [1.807, 2.05) is 42.1 Å². The van der Waals surface area contributed by atoms with Gasteiger partial charge in [-0.1, -0.05) is 19.1 Å². The number of aliphatic hydroxyl groups is 1. The van der Waals surface area contributed by atoms with Gasteiger partial charge in [-0.2, -0.15) is 0 Å². The average molecular weight is 461 g/mol. The van der Waals surface area contributed by atoms with Crippen molar-refractivity contribution in [2.45, 2.75) is 32.3 Å². The third-order valence-corrected chi connectivity index (χ3v) is 4.45. The Hall–Kier alpha value is -3.43. The zero-order chi connectivity index (χ0) is 24.6. The second-order valence-electron chi connectivity index (χ2n) is 7.21. The Kier molecular flexibility index (Phi) is 12.9. The molecule has 180 valence electrons. The van der Waals surface area contributed by atoms with Crippen LogP contribution in [0.5, 0.6) is 5.75 Å². The van der Waals surface area contributed by atoms with Gasteiger partial charge in [0.1, 0.15) is 18.5 Å². The van der Waals surface area contributed by atoms with Gasteiger partial charge in [-0.3, -0.25) is 4.79 Å². The number of aliphatic carboxylic acids is 2. The fourth-order valence-corrected chi connectivity index (χ4v) is 2.79. The Labute approximate surface area is 193 Å². The Morgan fingerprint density at radius 3 is 2.33 bits per heavy atom. The summed E-state index contributed by atoms with van der Waals surface area (Å²) in [5.41, 5.74) is 1.70. The van der Waals surface area contributed by atoms with Crippen LogP contribution in [0.2, 0.25) is 0 Å². The molecule has 2 aromatic rings. The highest BCUT2D eigenvalue weighted by Crippen LogP contribution is 2.21. The number of ketones is 1.